The molecule has 1 aliphatic rings. The van der Waals surface area contributed by atoms with Gasteiger partial charge in [0.1, 0.15) is 5.75 Å². The van der Waals surface area contributed by atoms with Gasteiger partial charge < -0.3 is 4.74 Å². The molecule has 0 amide bonds. The van der Waals surface area contributed by atoms with E-state index in [4.69, 9.17) is 16.3 Å². The normalized spacial score (nSPS) is 14.8. The van der Waals surface area contributed by atoms with Gasteiger partial charge in [0.2, 0.25) is 0 Å². The number of fused-ring (bicyclic) bond motifs is 1. The monoisotopic (exact) mass is 365 g/mol. The Morgan fingerprint density at radius 1 is 1.14 bits per heavy atom. The molecule has 3 rings (SSSR count). The first-order valence-corrected chi connectivity index (χ1v) is 8.15. The van der Waals surface area contributed by atoms with E-state index in [0.717, 1.165) is 41.3 Å². The summed E-state index contributed by atoms with van der Waals surface area (Å²) in [6, 6.07) is 12.3. The predicted octanol–water partition coefficient (Wildman–Crippen LogP) is 4.67. The molecule has 0 radical (unpaired) electrons. The number of ether oxygens (including phenoxy) is 1. The molecule has 0 aromatic heterocycles. The Balaban J connectivity index is 1.75. The Labute approximate surface area is 138 Å². The molecular formula is C17H17BrClNO. The Bertz CT molecular complexity index is 642. The van der Waals surface area contributed by atoms with Crippen LogP contribution in [0.1, 0.15) is 16.7 Å². The van der Waals surface area contributed by atoms with Crippen LogP contribution in [-0.4, -0.2) is 18.6 Å². The molecule has 2 nitrogen and oxygen atoms in total. The number of hydrogen-bond donors (Lipinski definition) is 0. The fourth-order valence-electron chi connectivity index (χ4n) is 2.77. The van der Waals surface area contributed by atoms with Gasteiger partial charge in [0.25, 0.3) is 0 Å². The molecule has 0 spiro atoms. The van der Waals surface area contributed by atoms with Gasteiger partial charge in [0.15, 0.2) is 0 Å². The highest BCUT2D eigenvalue weighted by Crippen LogP contribution is 2.32. The van der Waals surface area contributed by atoms with E-state index in [0.29, 0.717) is 0 Å². The van der Waals surface area contributed by atoms with E-state index in [2.05, 4.69) is 33.0 Å². The molecule has 0 N–H and O–H groups in total. The highest BCUT2D eigenvalue weighted by atomic mass is 79.9. The van der Waals surface area contributed by atoms with E-state index >= 15 is 0 Å². The zero-order valence-electron chi connectivity index (χ0n) is 11.9. The Kier molecular flexibility index (Phi) is 4.53. The van der Waals surface area contributed by atoms with Crippen LogP contribution in [0.2, 0.25) is 5.02 Å². The van der Waals surface area contributed by atoms with Crippen molar-refractivity contribution in [2.75, 3.05) is 13.7 Å². The summed E-state index contributed by atoms with van der Waals surface area (Å²) >= 11 is 9.95. The molecule has 2 aromatic rings. The van der Waals surface area contributed by atoms with Crippen LogP contribution in [0.15, 0.2) is 40.9 Å². The second-order valence-corrected chi connectivity index (χ2v) is 6.56. The summed E-state index contributed by atoms with van der Waals surface area (Å²) in [4.78, 5) is 2.45. The van der Waals surface area contributed by atoms with Crippen LogP contribution >= 0.6 is 27.5 Å². The van der Waals surface area contributed by atoms with Gasteiger partial charge in [-0.15, -0.1) is 0 Å². The maximum Gasteiger partial charge on any atom is 0.118 e. The van der Waals surface area contributed by atoms with Crippen LogP contribution < -0.4 is 4.74 Å². The van der Waals surface area contributed by atoms with E-state index in [-0.39, 0.29) is 0 Å². The van der Waals surface area contributed by atoms with Gasteiger partial charge in [0.05, 0.1) is 7.11 Å². The number of methoxy groups -OCH3 is 1. The third-order valence-electron chi connectivity index (χ3n) is 3.94. The van der Waals surface area contributed by atoms with Gasteiger partial charge >= 0.3 is 0 Å². The number of halogens is 2. The molecule has 0 saturated carbocycles. The first kappa shape index (κ1) is 14.9. The van der Waals surface area contributed by atoms with Crippen molar-refractivity contribution >= 4 is 27.5 Å². The Morgan fingerprint density at radius 3 is 2.62 bits per heavy atom. The highest BCUT2D eigenvalue weighted by Gasteiger charge is 2.20. The van der Waals surface area contributed by atoms with Crippen molar-refractivity contribution in [1.82, 2.24) is 4.90 Å². The van der Waals surface area contributed by atoms with Gasteiger partial charge in [-0.05, 0) is 47.4 Å². The van der Waals surface area contributed by atoms with E-state index in [1.54, 1.807) is 7.11 Å². The lowest BCUT2D eigenvalue weighted by Gasteiger charge is -2.30. The molecule has 2 aromatic carbocycles. The van der Waals surface area contributed by atoms with Crippen LogP contribution in [-0.2, 0) is 19.5 Å². The predicted molar refractivity (Wildman–Crippen MR) is 90.0 cm³/mol. The second kappa shape index (κ2) is 6.39. The molecule has 1 aliphatic heterocycles. The second-order valence-electron chi connectivity index (χ2n) is 5.30. The summed E-state index contributed by atoms with van der Waals surface area (Å²) < 4.78 is 6.35. The number of benzene rings is 2. The Hall–Kier alpha value is -1.03. The zero-order valence-corrected chi connectivity index (χ0v) is 14.2. The van der Waals surface area contributed by atoms with E-state index in [9.17, 15) is 0 Å². The smallest absolute Gasteiger partial charge is 0.118 e. The summed E-state index contributed by atoms with van der Waals surface area (Å²) in [5.41, 5.74) is 3.91. The molecule has 0 unspecified atom stereocenters. The van der Waals surface area contributed by atoms with Gasteiger partial charge in [-0.25, -0.2) is 0 Å². The van der Waals surface area contributed by atoms with Gasteiger partial charge in [-0.1, -0.05) is 39.7 Å². The zero-order chi connectivity index (χ0) is 14.8. The van der Waals surface area contributed by atoms with Crippen molar-refractivity contribution in [3.8, 4) is 5.75 Å². The van der Waals surface area contributed by atoms with Crippen LogP contribution in [0, 0.1) is 0 Å². The van der Waals surface area contributed by atoms with E-state index < -0.39 is 0 Å². The molecule has 110 valence electrons. The molecule has 0 saturated heterocycles. The van der Waals surface area contributed by atoms with E-state index in [1.807, 2.05) is 24.3 Å². The molecule has 0 aliphatic carbocycles. The van der Waals surface area contributed by atoms with Crippen LogP contribution in [0.3, 0.4) is 0 Å². The lowest BCUT2D eigenvalue weighted by molar-refractivity contribution is 0.245. The summed E-state index contributed by atoms with van der Waals surface area (Å²) in [7, 11) is 1.69. The summed E-state index contributed by atoms with van der Waals surface area (Å²) in [6.45, 7) is 2.92. The molecule has 1 heterocycles. The fourth-order valence-corrected chi connectivity index (χ4v) is 3.54. The van der Waals surface area contributed by atoms with Crippen molar-refractivity contribution in [3.63, 3.8) is 0 Å². The van der Waals surface area contributed by atoms with Gasteiger partial charge in [-0.3, -0.25) is 4.90 Å². The van der Waals surface area contributed by atoms with Gasteiger partial charge in [-0.2, -0.15) is 0 Å². The maximum atomic E-state index is 6.30. The minimum atomic E-state index is 0.886. The van der Waals surface area contributed by atoms with Crippen LogP contribution in [0.25, 0.3) is 0 Å². The summed E-state index contributed by atoms with van der Waals surface area (Å²) in [6.07, 6.45) is 1.00. The topological polar surface area (TPSA) is 12.5 Å². The average Bonchev–Trinajstić information content (AvgIpc) is 2.52. The van der Waals surface area contributed by atoms with Gasteiger partial charge in [0, 0.05) is 29.1 Å². The number of hydrogen-bond acceptors (Lipinski definition) is 2. The molecule has 0 bridgehead atoms. The maximum absolute atomic E-state index is 6.30. The minimum absolute atomic E-state index is 0.886. The van der Waals surface area contributed by atoms with Crippen LogP contribution in [0.5, 0.6) is 5.75 Å². The Morgan fingerprint density at radius 2 is 1.90 bits per heavy atom. The molecular weight excluding hydrogens is 350 g/mol. The van der Waals surface area contributed by atoms with E-state index in [1.165, 1.54) is 16.7 Å². The molecule has 0 fully saturated rings. The first-order chi connectivity index (χ1) is 10.2. The fraction of sp³-hybridized carbons (Fsp3) is 0.294. The summed E-state index contributed by atoms with van der Waals surface area (Å²) in [5.74, 6) is 0.900. The third-order valence-corrected chi connectivity index (χ3v) is 5.04. The SMILES string of the molecule is COc1ccc(CN2CCc3c(Cl)ccc(Br)c3C2)cc1. The number of rotatable bonds is 3. The first-order valence-electron chi connectivity index (χ1n) is 6.98. The van der Waals surface area contributed by atoms with Crippen molar-refractivity contribution in [3.05, 3.63) is 62.6 Å². The third kappa shape index (κ3) is 3.25. The van der Waals surface area contributed by atoms with Crippen molar-refractivity contribution in [2.45, 2.75) is 19.5 Å². The quantitative estimate of drug-likeness (QED) is 0.782. The molecule has 21 heavy (non-hydrogen) atoms. The van der Waals surface area contributed by atoms with Crippen LogP contribution in [0.4, 0.5) is 0 Å². The highest BCUT2D eigenvalue weighted by molar-refractivity contribution is 9.10. The van der Waals surface area contributed by atoms with Crippen molar-refractivity contribution in [2.24, 2.45) is 0 Å². The lowest BCUT2D eigenvalue weighted by Crippen LogP contribution is -2.30. The number of nitrogens with zero attached hydrogens (tertiary/aromatic N) is 1. The minimum Gasteiger partial charge on any atom is -0.497 e. The average molecular weight is 367 g/mol. The standard InChI is InChI=1S/C17H17BrClNO/c1-21-13-4-2-12(3-5-13)10-20-9-8-14-15(11-20)16(18)6-7-17(14)19/h2-7H,8-11H2,1H3. The molecule has 0 atom stereocenters. The van der Waals surface area contributed by atoms with Crippen molar-refractivity contribution in [1.29, 1.82) is 0 Å². The summed E-state index contributed by atoms with van der Waals surface area (Å²) in [5, 5.41) is 0.886. The lowest BCUT2D eigenvalue weighted by atomic mass is 9.99. The van der Waals surface area contributed by atoms with Crippen molar-refractivity contribution < 1.29 is 4.74 Å². The molecule has 4 heteroatoms. The largest absolute Gasteiger partial charge is 0.497 e.